The zero-order valence-corrected chi connectivity index (χ0v) is 7.94. The molecule has 0 amide bonds. The highest BCUT2D eigenvalue weighted by molar-refractivity contribution is 7.71. The number of hydrogen-bond donors (Lipinski definition) is 2. The lowest BCUT2D eigenvalue weighted by Gasteiger charge is -2.03. The zero-order valence-electron chi connectivity index (χ0n) is 7.12. The van der Waals surface area contributed by atoms with Crippen LogP contribution in [0.5, 0.6) is 0 Å². The van der Waals surface area contributed by atoms with Crippen molar-refractivity contribution in [1.29, 1.82) is 0 Å². The van der Waals surface area contributed by atoms with Gasteiger partial charge in [0.05, 0.1) is 0 Å². The minimum absolute atomic E-state index is 0.105. The molecule has 0 aliphatic carbocycles. The second kappa shape index (κ2) is 3.14. The Labute approximate surface area is 78.7 Å². The Bertz CT molecular complexity index is 472. The molecule has 6 heteroatoms. The topological polar surface area (TPSA) is 75.1 Å². The molecule has 1 aromatic heterocycles. The molecule has 0 aliphatic heterocycles. The quantitative estimate of drug-likeness (QED) is 0.645. The van der Waals surface area contributed by atoms with Gasteiger partial charge in [-0.05, 0) is 19.1 Å². The minimum Gasteiger partial charge on any atom is -0.477 e. The van der Waals surface area contributed by atoms with Crippen molar-refractivity contribution in [2.45, 2.75) is 6.92 Å². The SMILES string of the molecule is Cc1c(C(=O)O)[nH]c(=S)n(C)c1=O. The summed E-state index contributed by atoms with van der Waals surface area (Å²) in [6.07, 6.45) is 0. The van der Waals surface area contributed by atoms with E-state index < -0.39 is 5.97 Å². The van der Waals surface area contributed by atoms with Gasteiger partial charge in [0.2, 0.25) is 0 Å². The van der Waals surface area contributed by atoms with Gasteiger partial charge in [-0.1, -0.05) is 0 Å². The van der Waals surface area contributed by atoms with E-state index in [1.807, 2.05) is 0 Å². The number of hydrogen-bond acceptors (Lipinski definition) is 3. The molecule has 0 radical (unpaired) electrons. The number of carboxylic acid groups (broad SMARTS) is 1. The number of carbonyl (C=O) groups is 1. The van der Waals surface area contributed by atoms with E-state index in [0.29, 0.717) is 0 Å². The maximum absolute atomic E-state index is 11.3. The van der Waals surface area contributed by atoms with Crippen LogP contribution in [0.15, 0.2) is 4.79 Å². The number of aromatic carboxylic acids is 1. The molecule has 0 saturated carbocycles. The first-order valence-electron chi connectivity index (χ1n) is 3.48. The molecule has 0 aromatic carbocycles. The third-order valence-corrected chi connectivity index (χ3v) is 2.13. The first-order chi connectivity index (χ1) is 5.95. The average Bonchev–Trinajstić information content (AvgIpc) is 2.07. The van der Waals surface area contributed by atoms with Crippen LogP contribution < -0.4 is 5.56 Å². The Morgan fingerprint density at radius 2 is 2.15 bits per heavy atom. The van der Waals surface area contributed by atoms with Gasteiger partial charge in [0.15, 0.2) is 4.77 Å². The predicted molar refractivity (Wildman–Crippen MR) is 48.6 cm³/mol. The van der Waals surface area contributed by atoms with Crippen LogP contribution in [0.2, 0.25) is 0 Å². The number of aromatic nitrogens is 2. The molecular formula is C7H8N2O3S. The van der Waals surface area contributed by atoms with Crippen LogP contribution in [0.3, 0.4) is 0 Å². The summed E-state index contributed by atoms with van der Waals surface area (Å²) in [6.45, 7) is 1.44. The average molecular weight is 200 g/mol. The first-order valence-corrected chi connectivity index (χ1v) is 3.89. The largest absolute Gasteiger partial charge is 0.477 e. The highest BCUT2D eigenvalue weighted by Crippen LogP contribution is 1.97. The van der Waals surface area contributed by atoms with Crippen molar-refractivity contribution < 1.29 is 9.90 Å². The van der Waals surface area contributed by atoms with Gasteiger partial charge in [0.25, 0.3) is 5.56 Å². The van der Waals surface area contributed by atoms with Gasteiger partial charge in [0.1, 0.15) is 5.69 Å². The van der Waals surface area contributed by atoms with Gasteiger partial charge in [-0.3, -0.25) is 9.36 Å². The van der Waals surface area contributed by atoms with Crippen LogP contribution in [0, 0.1) is 11.7 Å². The molecule has 0 aliphatic rings. The molecule has 2 N–H and O–H groups in total. The smallest absolute Gasteiger partial charge is 0.352 e. The molecule has 13 heavy (non-hydrogen) atoms. The molecule has 70 valence electrons. The fraction of sp³-hybridized carbons (Fsp3) is 0.286. The van der Waals surface area contributed by atoms with Crippen LogP contribution in [0.4, 0.5) is 0 Å². The zero-order chi connectivity index (χ0) is 10.2. The van der Waals surface area contributed by atoms with Crippen LogP contribution in [-0.2, 0) is 7.05 Å². The van der Waals surface area contributed by atoms with Gasteiger partial charge in [0, 0.05) is 12.6 Å². The second-order valence-corrected chi connectivity index (χ2v) is 2.99. The molecule has 1 heterocycles. The third kappa shape index (κ3) is 1.52. The number of rotatable bonds is 1. The molecule has 0 bridgehead atoms. The molecule has 0 spiro atoms. The van der Waals surface area contributed by atoms with E-state index >= 15 is 0 Å². The molecule has 1 rings (SSSR count). The lowest BCUT2D eigenvalue weighted by atomic mass is 10.2. The summed E-state index contributed by atoms with van der Waals surface area (Å²) < 4.78 is 1.30. The molecule has 1 aromatic rings. The van der Waals surface area contributed by atoms with E-state index in [9.17, 15) is 9.59 Å². The van der Waals surface area contributed by atoms with E-state index in [1.54, 1.807) is 0 Å². The minimum atomic E-state index is -1.18. The number of aromatic amines is 1. The number of H-pyrrole nitrogens is 1. The van der Waals surface area contributed by atoms with E-state index in [1.165, 1.54) is 18.5 Å². The molecular weight excluding hydrogens is 192 g/mol. The Kier molecular flexibility index (Phi) is 2.33. The highest BCUT2D eigenvalue weighted by Gasteiger charge is 2.11. The molecule has 0 unspecified atom stereocenters. The second-order valence-electron chi connectivity index (χ2n) is 2.60. The van der Waals surface area contributed by atoms with Crippen molar-refractivity contribution in [2.24, 2.45) is 7.05 Å². The summed E-state index contributed by atoms with van der Waals surface area (Å²) in [7, 11) is 1.49. The summed E-state index contributed by atoms with van der Waals surface area (Å²) in [5.41, 5.74) is -0.377. The van der Waals surface area contributed by atoms with Gasteiger partial charge in [-0.25, -0.2) is 4.79 Å². The fourth-order valence-corrected chi connectivity index (χ4v) is 1.13. The molecule has 0 fully saturated rings. The normalized spacial score (nSPS) is 10.0. The van der Waals surface area contributed by atoms with Gasteiger partial charge in [-0.2, -0.15) is 0 Å². The number of nitrogens with zero attached hydrogens (tertiary/aromatic N) is 1. The lowest BCUT2D eigenvalue weighted by Crippen LogP contribution is -2.25. The maximum atomic E-state index is 11.3. The summed E-state index contributed by atoms with van der Waals surface area (Å²) in [5, 5.41) is 8.68. The lowest BCUT2D eigenvalue weighted by molar-refractivity contribution is 0.0689. The maximum Gasteiger partial charge on any atom is 0.352 e. The van der Waals surface area contributed by atoms with Crippen LogP contribution in [0.25, 0.3) is 0 Å². The Balaban J connectivity index is 3.70. The number of nitrogens with one attached hydrogen (secondary N) is 1. The van der Waals surface area contributed by atoms with E-state index in [2.05, 4.69) is 4.98 Å². The Hall–Kier alpha value is -1.43. The summed E-state index contributed by atoms with van der Waals surface area (Å²) in [6, 6.07) is 0. The third-order valence-electron chi connectivity index (χ3n) is 1.75. The highest BCUT2D eigenvalue weighted by atomic mass is 32.1. The predicted octanol–water partition coefficient (Wildman–Crippen LogP) is 0.450. The van der Waals surface area contributed by atoms with E-state index in [4.69, 9.17) is 17.3 Å². The standard InChI is InChI=1S/C7H8N2O3S/c1-3-4(6(11)12)8-7(13)9(2)5(3)10/h1-2H3,(H,8,13)(H,11,12). The van der Waals surface area contributed by atoms with Crippen LogP contribution >= 0.6 is 12.2 Å². The summed E-state index contributed by atoms with van der Waals surface area (Å²) >= 11 is 4.75. The summed E-state index contributed by atoms with van der Waals surface area (Å²) in [5.74, 6) is -1.18. The van der Waals surface area contributed by atoms with E-state index in [0.717, 1.165) is 0 Å². The number of carboxylic acids is 1. The van der Waals surface area contributed by atoms with Gasteiger partial charge >= 0.3 is 5.97 Å². The Morgan fingerprint density at radius 3 is 2.62 bits per heavy atom. The van der Waals surface area contributed by atoms with Crippen molar-refractivity contribution in [3.05, 3.63) is 26.4 Å². The molecule has 0 atom stereocenters. The van der Waals surface area contributed by atoms with E-state index in [-0.39, 0.29) is 21.6 Å². The summed E-state index contributed by atoms with van der Waals surface area (Å²) in [4.78, 5) is 24.4. The van der Waals surface area contributed by atoms with Crippen LogP contribution in [0.1, 0.15) is 16.1 Å². The monoisotopic (exact) mass is 200 g/mol. The van der Waals surface area contributed by atoms with Crippen molar-refractivity contribution >= 4 is 18.2 Å². The van der Waals surface area contributed by atoms with Crippen molar-refractivity contribution in [3.8, 4) is 0 Å². The van der Waals surface area contributed by atoms with Crippen molar-refractivity contribution in [2.75, 3.05) is 0 Å². The first kappa shape index (κ1) is 9.66. The fourth-order valence-electron chi connectivity index (χ4n) is 0.949. The van der Waals surface area contributed by atoms with Crippen LogP contribution in [-0.4, -0.2) is 20.6 Å². The Morgan fingerprint density at radius 1 is 1.62 bits per heavy atom. The van der Waals surface area contributed by atoms with Crippen molar-refractivity contribution in [1.82, 2.24) is 9.55 Å². The van der Waals surface area contributed by atoms with Gasteiger partial charge in [-0.15, -0.1) is 0 Å². The van der Waals surface area contributed by atoms with Crippen molar-refractivity contribution in [3.63, 3.8) is 0 Å². The molecule has 5 nitrogen and oxygen atoms in total. The molecule has 0 saturated heterocycles. The van der Waals surface area contributed by atoms with Gasteiger partial charge < -0.3 is 10.1 Å².